The first-order valence-electron chi connectivity index (χ1n) is 8.50. The molecule has 0 N–H and O–H groups in total. The van der Waals surface area contributed by atoms with Gasteiger partial charge in [-0.3, -0.25) is 0 Å². The topological polar surface area (TPSA) is 0 Å². The molecule has 0 spiro atoms. The van der Waals surface area contributed by atoms with Gasteiger partial charge in [0.1, 0.15) is 0 Å². The van der Waals surface area contributed by atoms with Gasteiger partial charge in [-0.1, -0.05) is 116 Å². The number of hydrogen-bond acceptors (Lipinski definition) is 0. The van der Waals surface area contributed by atoms with Gasteiger partial charge in [0.15, 0.2) is 0 Å². The Morgan fingerprint density at radius 3 is 0.682 bits per heavy atom. The molecule has 0 bridgehead atoms. The predicted octanol–water partition coefficient (Wildman–Crippen LogP) is 4.05. The summed E-state index contributed by atoms with van der Waals surface area (Å²) in [6.07, 6.45) is 0. The molecule has 0 rings (SSSR count). The van der Waals surface area contributed by atoms with Gasteiger partial charge in [0.05, 0.1) is 0 Å². The molecule has 0 fully saturated rings. The Morgan fingerprint density at radius 2 is 0.591 bits per heavy atom. The van der Waals surface area contributed by atoms with E-state index >= 15 is 0 Å². The zero-order chi connectivity index (χ0) is 17.7. The van der Waals surface area contributed by atoms with Gasteiger partial charge in [-0.05, 0) is 0 Å². The van der Waals surface area contributed by atoms with Crippen LogP contribution in [0.4, 0.5) is 0 Å². The van der Waals surface area contributed by atoms with E-state index in [1.807, 2.05) is 0 Å². The summed E-state index contributed by atoms with van der Waals surface area (Å²) in [6.45, 7) is 35.5. The third kappa shape index (κ3) is 5.15. The van der Waals surface area contributed by atoms with E-state index < -0.39 is 15.2 Å². The van der Waals surface area contributed by atoms with E-state index in [1.165, 1.54) is 8.55 Å². The number of hydrogen-bond donors (Lipinski definition) is 0. The molecule has 0 unspecified atom stereocenters. The Balaban J connectivity index is 0. The molecule has 1 radical (unpaired) electrons. The van der Waals surface area contributed by atoms with E-state index in [4.69, 9.17) is 0 Å². The van der Waals surface area contributed by atoms with Gasteiger partial charge in [0.25, 0.3) is 0 Å². The fourth-order valence-corrected chi connectivity index (χ4v) is 40.5. The van der Waals surface area contributed by atoms with Crippen LogP contribution < -0.4 is 51.4 Å². The van der Waals surface area contributed by atoms with Gasteiger partial charge in [-0.25, -0.2) is 0 Å². The van der Waals surface area contributed by atoms with E-state index in [0.717, 1.165) is 0 Å². The second kappa shape index (κ2) is 7.49. The van der Waals surface area contributed by atoms with Crippen molar-refractivity contribution in [3.63, 3.8) is 0 Å². The van der Waals surface area contributed by atoms with Crippen molar-refractivity contribution < 1.29 is 51.4 Å². The van der Waals surface area contributed by atoms with Crippen molar-refractivity contribution in [3.8, 4) is 0 Å². The summed E-state index contributed by atoms with van der Waals surface area (Å²) in [7, 11) is -1.63. The largest absolute Gasteiger partial charge is 1.00 e. The van der Waals surface area contributed by atoms with Crippen molar-refractivity contribution in [2.45, 2.75) is 116 Å². The molecule has 0 aliphatic heterocycles. The summed E-state index contributed by atoms with van der Waals surface area (Å²) in [5, 5.41) is 1.87. The van der Waals surface area contributed by atoms with Gasteiger partial charge < -0.3 is 8.55 Å². The maximum absolute atomic E-state index is 2.70. The average Bonchev–Trinajstić information content (AvgIpc) is 2.09. The van der Waals surface area contributed by atoms with Crippen molar-refractivity contribution in [1.29, 1.82) is 0 Å². The fraction of sp³-hybridized carbons (Fsp3) is 1.00. The van der Waals surface area contributed by atoms with Crippen LogP contribution in [0.5, 0.6) is 0 Å². The van der Waals surface area contributed by atoms with Gasteiger partial charge >= 0.3 is 51.4 Å². The summed E-state index contributed by atoms with van der Waals surface area (Å²) in [6, 6.07) is 0. The van der Waals surface area contributed by atoms with E-state index in [-0.39, 0.29) is 51.4 Å². The molecular weight excluding hydrogens is 340 g/mol. The Kier molecular flexibility index (Phi) is 9.03. The van der Waals surface area contributed by atoms with Crippen LogP contribution in [-0.4, -0.2) is 23.7 Å². The Hall–Kier alpha value is 2.29. The molecule has 0 amide bonds. The molecule has 22 heavy (non-hydrogen) atoms. The van der Waals surface area contributed by atoms with E-state index in [9.17, 15) is 0 Å². The van der Waals surface area contributed by atoms with Crippen molar-refractivity contribution in [2.75, 3.05) is 0 Å². The van der Waals surface area contributed by atoms with Crippen molar-refractivity contribution in [1.82, 2.24) is 0 Å². The van der Waals surface area contributed by atoms with E-state index in [0.29, 0.717) is 20.2 Å². The third-order valence-corrected chi connectivity index (χ3v) is 40.5. The molecule has 127 valence electrons. The van der Waals surface area contributed by atoms with Crippen LogP contribution in [0.2, 0.25) is 33.2 Å². The Morgan fingerprint density at radius 1 is 0.455 bits per heavy atom. The molecule has 0 saturated heterocycles. The summed E-state index contributed by atoms with van der Waals surface area (Å²) in [5.74, 6) is 0. The third-order valence-electron chi connectivity index (χ3n) is 6.50. The molecule has 0 aliphatic carbocycles. The summed E-state index contributed by atoms with van der Waals surface area (Å²) < 4.78 is 0. The molecule has 0 heterocycles. The predicted molar refractivity (Wildman–Crippen MR) is 108 cm³/mol. The maximum Gasteiger partial charge on any atom is 1.00 e. The Bertz CT molecular complexity index is 298. The second-order valence-electron chi connectivity index (χ2n) is 11.4. The van der Waals surface area contributed by atoms with Crippen LogP contribution in [0, 0.1) is 0 Å². The normalized spacial score (nSPS) is 15.5. The van der Waals surface area contributed by atoms with Gasteiger partial charge in [0, 0.05) is 0 Å². The summed E-state index contributed by atoms with van der Waals surface area (Å²) in [5.41, 5.74) is 0. The molecule has 0 aromatic carbocycles. The molecule has 0 nitrogen and oxygen atoms in total. The van der Waals surface area contributed by atoms with E-state index in [2.05, 4.69) is 96.2 Å². The minimum Gasteiger partial charge on any atom is -0.422 e. The van der Waals surface area contributed by atoms with Crippen LogP contribution in [0.3, 0.4) is 0 Å². The number of rotatable bonds is 2. The molecule has 4 heteroatoms. The molecule has 0 atom stereocenters. The monoisotopic (exact) mass is 381 g/mol. The van der Waals surface area contributed by atoms with Crippen LogP contribution in [0.15, 0.2) is 0 Å². The average molecular weight is 382 g/mol. The zero-order valence-corrected chi connectivity index (χ0v) is 24.6. The molecule has 0 aliphatic rings. The second-order valence-corrected chi connectivity index (χ2v) is 31.1. The van der Waals surface area contributed by atoms with Crippen molar-refractivity contribution in [3.05, 3.63) is 0 Å². The van der Waals surface area contributed by atoms with Crippen LogP contribution in [-0.2, 0) is 0 Å². The molecular formula is C18H42KSi3. The van der Waals surface area contributed by atoms with Crippen molar-refractivity contribution >= 4 is 23.7 Å². The minimum atomic E-state index is -1.42. The molecule has 0 aromatic heterocycles. The summed E-state index contributed by atoms with van der Waals surface area (Å²) >= 11 is 0. The first kappa shape index (κ1) is 26.5. The first-order valence-corrected chi connectivity index (χ1v) is 16.5. The molecule has 0 saturated carbocycles. The van der Waals surface area contributed by atoms with Crippen LogP contribution in [0.1, 0.15) is 83.1 Å². The smallest absolute Gasteiger partial charge is 0.422 e. The minimum absolute atomic E-state index is 0. The van der Waals surface area contributed by atoms with Gasteiger partial charge in [-0.2, -0.15) is 0 Å². The maximum atomic E-state index is 2.70. The van der Waals surface area contributed by atoms with Gasteiger partial charge in [0.2, 0.25) is 0 Å². The first-order chi connectivity index (χ1) is 8.71. The Labute approximate surface area is 189 Å². The fourth-order valence-electron chi connectivity index (χ4n) is 3.50. The quantitative estimate of drug-likeness (QED) is 0.633. The van der Waals surface area contributed by atoms with Crippen LogP contribution >= 0.6 is 0 Å². The van der Waals surface area contributed by atoms with Crippen LogP contribution in [0.25, 0.3) is 0 Å². The molecule has 0 aromatic rings. The zero-order valence-electron chi connectivity index (χ0n) is 18.5. The van der Waals surface area contributed by atoms with Crippen molar-refractivity contribution in [2.24, 2.45) is 0 Å². The van der Waals surface area contributed by atoms with Gasteiger partial charge in [-0.15, -0.1) is 15.2 Å². The van der Waals surface area contributed by atoms with E-state index in [1.54, 1.807) is 0 Å². The summed E-state index contributed by atoms with van der Waals surface area (Å²) in [4.78, 5) is 0. The SMILES string of the molecule is CC(C)(C)[Si](C)([Si-][Si](C)(C(C)(C)C)C(C)(C)C)C(C)(C)C.[K+]. The standard InChI is InChI=1S/C18H42Si3.K/c1-15(2,3)20(13,16(4,5)6)19-21(14,17(7,8)9)18(10,11)12;/h1-14H3;/q-1;+1.